The third-order valence-corrected chi connectivity index (χ3v) is 6.74. The van der Waals surface area contributed by atoms with Crippen LogP contribution in [0.3, 0.4) is 0 Å². The van der Waals surface area contributed by atoms with Crippen molar-refractivity contribution in [3.63, 3.8) is 0 Å². The molecule has 2 atom stereocenters. The number of halogens is 2. The van der Waals surface area contributed by atoms with Crippen molar-refractivity contribution >= 4 is 56.7 Å². The number of benzene rings is 2. The highest BCUT2D eigenvalue weighted by Crippen LogP contribution is 2.35. The molecule has 0 aromatic heterocycles. The van der Waals surface area contributed by atoms with Crippen molar-refractivity contribution in [2.75, 3.05) is 26.9 Å². The van der Waals surface area contributed by atoms with Gasteiger partial charge in [0.15, 0.2) is 17.7 Å². The Bertz CT molecular complexity index is 1320. The molecule has 0 fully saturated rings. The number of hydrogen-bond acceptors (Lipinski definition) is 9. The Labute approximate surface area is 254 Å². The summed E-state index contributed by atoms with van der Waals surface area (Å²) in [6, 6.07) is 7.57. The first-order valence-corrected chi connectivity index (χ1v) is 14.0. The predicted octanol–water partition coefficient (Wildman–Crippen LogP) is 4.14. The summed E-state index contributed by atoms with van der Waals surface area (Å²) >= 11 is 5.63. The summed E-state index contributed by atoms with van der Waals surface area (Å²) in [4.78, 5) is 24.5. The zero-order chi connectivity index (χ0) is 29.2. The molecule has 0 saturated carbocycles. The standard InChI is InChI=1S/C27H30BrIN4O7/c1-5-9-39-25-17(10-18(28)12-19(25)29)13-30-33-22(34)14-40-20-8-7-16(11-21(20)38-6-2)24-23(26(35)37-4)15(3)31-27(36)32-24/h5,7-8,10-13,22,24,33-34H,1,6,9,14H2,2-4H3,(H2,31,32,36)/b30-13+/t22-,24-/m0/s1. The van der Waals surface area contributed by atoms with Crippen molar-refractivity contribution in [1.29, 1.82) is 0 Å². The number of rotatable bonds is 13. The molecule has 1 aliphatic rings. The smallest absolute Gasteiger partial charge is 0.337 e. The fourth-order valence-corrected chi connectivity index (χ4v) is 5.49. The lowest BCUT2D eigenvalue weighted by Gasteiger charge is -2.28. The number of hydrogen-bond donors (Lipinski definition) is 4. The monoisotopic (exact) mass is 728 g/mol. The summed E-state index contributed by atoms with van der Waals surface area (Å²) in [7, 11) is 1.27. The molecular formula is C27H30BrIN4O7. The van der Waals surface area contributed by atoms with Gasteiger partial charge in [0.2, 0.25) is 0 Å². The van der Waals surface area contributed by atoms with Gasteiger partial charge >= 0.3 is 12.0 Å². The number of hydrazone groups is 1. The summed E-state index contributed by atoms with van der Waals surface area (Å²) in [5, 5.41) is 19.9. The second-order valence-corrected chi connectivity index (χ2v) is 10.4. The van der Waals surface area contributed by atoms with Crippen LogP contribution < -0.4 is 30.3 Å². The number of aliphatic hydroxyl groups is 1. The molecule has 1 heterocycles. The number of aliphatic hydroxyl groups excluding tert-OH is 1. The number of urea groups is 1. The maximum Gasteiger partial charge on any atom is 0.337 e. The van der Waals surface area contributed by atoms with Gasteiger partial charge in [-0.1, -0.05) is 34.7 Å². The third-order valence-electron chi connectivity index (χ3n) is 5.48. The van der Waals surface area contributed by atoms with Gasteiger partial charge in [-0.25, -0.2) is 9.59 Å². The zero-order valence-corrected chi connectivity index (χ0v) is 25.9. The molecule has 1 aliphatic heterocycles. The van der Waals surface area contributed by atoms with Gasteiger partial charge in [-0.05, 0) is 66.3 Å². The number of methoxy groups -OCH3 is 1. The fourth-order valence-electron chi connectivity index (χ4n) is 3.79. The molecule has 0 bridgehead atoms. The Balaban J connectivity index is 1.72. The van der Waals surface area contributed by atoms with Gasteiger partial charge in [-0.2, -0.15) is 5.10 Å². The summed E-state index contributed by atoms with van der Waals surface area (Å²) in [6.07, 6.45) is 2.05. The fraction of sp³-hybridized carbons (Fsp3) is 0.296. The van der Waals surface area contributed by atoms with Gasteiger partial charge < -0.3 is 34.7 Å². The Morgan fingerprint density at radius 2 is 2.05 bits per heavy atom. The van der Waals surface area contributed by atoms with Crippen LogP contribution in [0.1, 0.15) is 31.0 Å². The first kappa shape index (κ1) is 31.2. The van der Waals surface area contributed by atoms with Crippen molar-refractivity contribution < 1.29 is 33.6 Å². The second-order valence-electron chi connectivity index (χ2n) is 8.32. The minimum Gasteiger partial charge on any atom is -0.490 e. The second kappa shape index (κ2) is 14.9. The Morgan fingerprint density at radius 1 is 1.27 bits per heavy atom. The molecule has 4 N–H and O–H groups in total. The Morgan fingerprint density at radius 3 is 2.75 bits per heavy atom. The van der Waals surface area contributed by atoms with Crippen LogP contribution in [0.15, 0.2) is 63.8 Å². The van der Waals surface area contributed by atoms with Crippen molar-refractivity contribution in [2.24, 2.45) is 5.10 Å². The minimum absolute atomic E-state index is 0.150. The number of allylic oxidation sites excluding steroid dienone is 1. The molecule has 214 valence electrons. The lowest BCUT2D eigenvalue weighted by molar-refractivity contribution is -0.136. The molecule has 0 radical (unpaired) electrons. The van der Waals surface area contributed by atoms with E-state index in [1.54, 1.807) is 31.2 Å². The maximum atomic E-state index is 12.4. The maximum absolute atomic E-state index is 12.4. The quantitative estimate of drug-likeness (QED) is 0.0603. The molecule has 0 spiro atoms. The van der Waals surface area contributed by atoms with Gasteiger partial charge in [0.1, 0.15) is 19.0 Å². The number of nitrogens with one attached hydrogen (secondary N) is 3. The van der Waals surface area contributed by atoms with Gasteiger partial charge in [0.25, 0.3) is 0 Å². The topological polar surface area (TPSA) is 140 Å². The number of esters is 1. The Hall–Kier alpha value is -3.30. The molecule has 11 nitrogen and oxygen atoms in total. The highest BCUT2D eigenvalue weighted by molar-refractivity contribution is 14.1. The molecule has 13 heteroatoms. The number of nitrogens with zero attached hydrogens (tertiary/aromatic N) is 1. The molecule has 40 heavy (non-hydrogen) atoms. The van der Waals surface area contributed by atoms with Crippen LogP contribution in [-0.4, -0.2) is 56.5 Å². The summed E-state index contributed by atoms with van der Waals surface area (Å²) in [5.41, 5.74) is 4.59. The highest BCUT2D eigenvalue weighted by atomic mass is 127. The van der Waals surface area contributed by atoms with Crippen LogP contribution >= 0.6 is 38.5 Å². The average molecular weight is 729 g/mol. The van der Waals surface area contributed by atoms with Crippen LogP contribution in [0.2, 0.25) is 0 Å². The molecular weight excluding hydrogens is 699 g/mol. The number of carbonyl (C=O) groups is 2. The van der Waals surface area contributed by atoms with Crippen LogP contribution in [0, 0.1) is 3.57 Å². The molecule has 3 rings (SSSR count). The molecule has 0 saturated heterocycles. The molecule has 0 unspecified atom stereocenters. The van der Waals surface area contributed by atoms with Crippen molar-refractivity contribution in [2.45, 2.75) is 26.1 Å². The van der Waals surface area contributed by atoms with Crippen molar-refractivity contribution in [1.82, 2.24) is 16.1 Å². The number of ether oxygens (including phenoxy) is 4. The van der Waals surface area contributed by atoms with Gasteiger partial charge in [-0.15, -0.1) is 0 Å². The van der Waals surface area contributed by atoms with Gasteiger partial charge in [0.05, 0.1) is 35.1 Å². The highest BCUT2D eigenvalue weighted by Gasteiger charge is 2.32. The lowest BCUT2D eigenvalue weighted by Crippen LogP contribution is -2.45. The van der Waals surface area contributed by atoms with Gasteiger partial charge in [0, 0.05) is 15.7 Å². The summed E-state index contributed by atoms with van der Waals surface area (Å²) < 4.78 is 23.9. The number of carbonyl (C=O) groups excluding carboxylic acids is 2. The molecule has 2 amide bonds. The van der Waals surface area contributed by atoms with Gasteiger partial charge in [-0.3, -0.25) is 5.43 Å². The third kappa shape index (κ3) is 8.11. The molecule has 0 aliphatic carbocycles. The van der Waals surface area contributed by atoms with Crippen LogP contribution in [-0.2, 0) is 9.53 Å². The van der Waals surface area contributed by atoms with Crippen LogP contribution in [0.5, 0.6) is 17.2 Å². The van der Waals surface area contributed by atoms with E-state index in [0.717, 1.165) is 8.04 Å². The van der Waals surface area contributed by atoms with E-state index < -0.39 is 24.3 Å². The van der Waals surface area contributed by atoms with Crippen LogP contribution in [0.4, 0.5) is 4.79 Å². The van der Waals surface area contributed by atoms with Crippen molar-refractivity contribution in [3.8, 4) is 17.2 Å². The summed E-state index contributed by atoms with van der Waals surface area (Å²) in [5.74, 6) is 0.808. The van der Waals surface area contributed by atoms with E-state index in [1.807, 2.05) is 19.1 Å². The van der Waals surface area contributed by atoms with E-state index in [9.17, 15) is 14.7 Å². The first-order valence-electron chi connectivity index (χ1n) is 12.1. The van der Waals surface area contributed by atoms with E-state index >= 15 is 0 Å². The zero-order valence-electron chi connectivity index (χ0n) is 22.1. The van der Waals surface area contributed by atoms with E-state index in [2.05, 4.69) is 66.3 Å². The molecule has 2 aromatic rings. The summed E-state index contributed by atoms with van der Waals surface area (Å²) in [6.45, 7) is 7.64. The van der Waals surface area contributed by atoms with E-state index in [1.165, 1.54) is 13.3 Å². The average Bonchev–Trinajstić information content (AvgIpc) is 2.91. The predicted molar refractivity (Wildman–Crippen MR) is 162 cm³/mol. The van der Waals surface area contributed by atoms with E-state index in [-0.39, 0.29) is 12.2 Å². The van der Waals surface area contributed by atoms with E-state index in [4.69, 9.17) is 18.9 Å². The van der Waals surface area contributed by atoms with Crippen LogP contribution in [0.25, 0.3) is 0 Å². The molecule has 2 aromatic carbocycles. The van der Waals surface area contributed by atoms with Crippen molar-refractivity contribution in [3.05, 3.63) is 73.4 Å². The number of amides is 2. The lowest BCUT2D eigenvalue weighted by atomic mass is 9.95. The normalized spacial score (nSPS) is 15.7. The minimum atomic E-state index is -1.14. The SMILES string of the molecule is C=CCOc1c(I)cc(Br)cc1/C=N/N[C@@H](O)COc1ccc([C@@H]2NC(=O)NC(C)=C2C(=O)OC)cc1OCC. The first-order chi connectivity index (χ1) is 19.2. The van der Waals surface area contributed by atoms with E-state index in [0.29, 0.717) is 47.3 Å². The Kier molecular flexibility index (Phi) is 11.6. The largest absolute Gasteiger partial charge is 0.490 e.